The topological polar surface area (TPSA) is 46.2 Å². The lowest BCUT2D eigenvalue weighted by molar-refractivity contribution is -0.142. The second kappa shape index (κ2) is 9.03. The first kappa shape index (κ1) is 27.6. The van der Waals surface area contributed by atoms with Gasteiger partial charge in [0.15, 0.2) is 0 Å². The summed E-state index contributed by atoms with van der Waals surface area (Å²) in [4.78, 5) is 25.5. The predicted molar refractivity (Wildman–Crippen MR) is 133 cm³/mol. The molecule has 1 aliphatic heterocycles. The Morgan fingerprint density at radius 2 is 1.74 bits per heavy atom. The van der Waals surface area contributed by atoms with Crippen molar-refractivity contribution in [2.75, 3.05) is 5.32 Å². The molecule has 1 aromatic carbocycles. The van der Waals surface area contributed by atoms with Crippen LogP contribution in [0.2, 0.25) is 0 Å². The summed E-state index contributed by atoms with van der Waals surface area (Å²) in [5.41, 5.74) is -4.11. The van der Waals surface area contributed by atoms with E-state index in [0.717, 1.165) is 25.7 Å². The van der Waals surface area contributed by atoms with Gasteiger partial charge in [-0.15, -0.1) is 0 Å². The minimum Gasteiger partial charge on any atom is -0.325 e. The molecule has 3 unspecified atom stereocenters. The maximum absolute atomic E-state index is 13.7. The van der Waals surface area contributed by atoms with Crippen molar-refractivity contribution in [2.24, 2.45) is 40.4 Å². The van der Waals surface area contributed by atoms with Crippen LogP contribution in [0.25, 0.3) is 0 Å². The first-order valence-corrected chi connectivity index (χ1v) is 13.9. The van der Waals surface area contributed by atoms with Gasteiger partial charge < -0.3 is 5.32 Å². The first-order chi connectivity index (χ1) is 17.6. The first-order valence-electron chi connectivity index (χ1n) is 13.0. The Hall–Kier alpha value is -1.97. The molecule has 4 aliphatic rings. The molecule has 3 fully saturated rings. The summed E-state index contributed by atoms with van der Waals surface area (Å²) in [6, 6.07) is 1.32. The molecule has 5 rings (SSSR count). The average Bonchev–Trinajstić information content (AvgIpc) is 3.16. The third-order valence-electron chi connectivity index (χ3n) is 10.1. The molecule has 0 aromatic heterocycles. The van der Waals surface area contributed by atoms with Crippen LogP contribution in [-0.4, -0.2) is 16.3 Å². The summed E-state index contributed by atoms with van der Waals surface area (Å²) in [5.74, 6) is 0.110. The molecule has 38 heavy (non-hydrogen) atoms. The number of benzene rings is 1. The summed E-state index contributed by atoms with van der Waals surface area (Å²) < 4.78 is 80.2. The number of carbonyl (C=O) groups excluding carboxylic acids is 2. The van der Waals surface area contributed by atoms with Crippen LogP contribution in [0.1, 0.15) is 64.0 Å². The molecule has 208 valence electrons. The van der Waals surface area contributed by atoms with Crippen molar-refractivity contribution in [3.05, 3.63) is 41.5 Å². The molecule has 8 atom stereocenters. The summed E-state index contributed by atoms with van der Waals surface area (Å²) in [7, 11) is 0. The molecular formula is C28H31F6NO2S. The van der Waals surface area contributed by atoms with E-state index >= 15 is 0 Å². The van der Waals surface area contributed by atoms with Crippen LogP contribution in [0.15, 0.2) is 30.4 Å². The number of hydrogen-bond donors (Lipinski definition) is 1. The van der Waals surface area contributed by atoms with Crippen LogP contribution in [0.3, 0.4) is 0 Å². The molecule has 1 amide bonds. The highest BCUT2D eigenvalue weighted by atomic mass is 32.2. The zero-order valence-corrected chi connectivity index (χ0v) is 22.2. The van der Waals surface area contributed by atoms with Gasteiger partial charge >= 0.3 is 12.4 Å². The Bertz CT molecular complexity index is 1180. The molecular weight excluding hydrogens is 528 g/mol. The van der Waals surface area contributed by atoms with Crippen LogP contribution in [0.5, 0.6) is 0 Å². The fraction of sp³-hybridized carbons (Fsp3) is 0.643. The van der Waals surface area contributed by atoms with Gasteiger partial charge in [0.05, 0.1) is 16.8 Å². The highest BCUT2D eigenvalue weighted by molar-refractivity contribution is 8.14. The van der Waals surface area contributed by atoms with Crippen molar-refractivity contribution in [1.29, 1.82) is 0 Å². The number of alkyl halides is 6. The summed E-state index contributed by atoms with van der Waals surface area (Å²) in [6.45, 7) is 6.48. The van der Waals surface area contributed by atoms with Crippen molar-refractivity contribution in [2.45, 2.75) is 70.5 Å². The smallest absolute Gasteiger partial charge is 0.325 e. The van der Waals surface area contributed by atoms with Gasteiger partial charge in [-0.2, -0.15) is 26.3 Å². The molecule has 0 spiro atoms. The Labute approximate surface area is 222 Å². The van der Waals surface area contributed by atoms with Gasteiger partial charge in [0, 0.05) is 16.6 Å². The van der Waals surface area contributed by atoms with Gasteiger partial charge in [-0.3, -0.25) is 9.59 Å². The van der Waals surface area contributed by atoms with Crippen LogP contribution in [-0.2, 0) is 21.9 Å². The van der Waals surface area contributed by atoms with Crippen molar-refractivity contribution >= 4 is 28.5 Å². The van der Waals surface area contributed by atoms with Crippen LogP contribution in [0.4, 0.5) is 32.0 Å². The quantitative estimate of drug-likeness (QED) is 0.374. The molecule has 1 aromatic rings. The molecule has 1 heterocycles. The van der Waals surface area contributed by atoms with Crippen molar-refractivity contribution in [3.63, 3.8) is 0 Å². The van der Waals surface area contributed by atoms with Crippen LogP contribution < -0.4 is 5.32 Å². The normalized spacial score (nSPS) is 38.8. The van der Waals surface area contributed by atoms with E-state index < -0.39 is 46.4 Å². The highest BCUT2D eigenvalue weighted by Crippen LogP contribution is 2.67. The van der Waals surface area contributed by atoms with Gasteiger partial charge in [0.1, 0.15) is 0 Å². The Kier molecular flexibility index (Phi) is 6.56. The number of carbonyl (C=O) groups is 2. The number of nitrogens with one attached hydrogen (secondary N) is 1. The molecule has 1 N–H and O–H groups in total. The van der Waals surface area contributed by atoms with Crippen molar-refractivity contribution in [1.82, 2.24) is 0 Å². The van der Waals surface area contributed by atoms with Crippen LogP contribution >= 0.6 is 11.8 Å². The number of thioether (sulfide) groups is 1. The molecule has 3 saturated carbocycles. The van der Waals surface area contributed by atoms with E-state index in [-0.39, 0.29) is 27.8 Å². The minimum absolute atomic E-state index is 0.0568. The summed E-state index contributed by atoms with van der Waals surface area (Å²) >= 11 is 1.41. The fourth-order valence-corrected chi connectivity index (χ4v) is 9.58. The van der Waals surface area contributed by atoms with Gasteiger partial charge in [0.2, 0.25) is 11.0 Å². The third-order valence-corrected chi connectivity index (χ3v) is 11.5. The predicted octanol–water partition coefficient (Wildman–Crippen LogP) is 7.97. The maximum atomic E-state index is 13.7. The van der Waals surface area contributed by atoms with E-state index in [9.17, 15) is 35.9 Å². The monoisotopic (exact) mass is 559 g/mol. The summed E-state index contributed by atoms with van der Waals surface area (Å²) in [5, 5.41) is 2.65. The van der Waals surface area contributed by atoms with E-state index in [2.05, 4.69) is 32.2 Å². The van der Waals surface area contributed by atoms with E-state index in [4.69, 9.17) is 0 Å². The van der Waals surface area contributed by atoms with Crippen molar-refractivity contribution < 1.29 is 35.9 Å². The second-order valence-electron chi connectivity index (χ2n) is 12.0. The van der Waals surface area contributed by atoms with Gasteiger partial charge in [-0.25, -0.2) is 0 Å². The molecule has 10 heteroatoms. The SMILES string of the molecule is CC1CC2SC(=O)C=C[C@]2(C)[C@@H]2CC[C@]3(C)C(C(=O)Nc4ccc(C(F)(F)F)cc4C(F)(F)F)CC[C@H]3[C@H]12. The fourth-order valence-electron chi connectivity index (χ4n) is 8.25. The maximum Gasteiger partial charge on any atom is 0.418 e. The van der Waals surface area contributed by atoms with Crippen LogP contribution in [0, 0.1) is 40.4 Å². The number of fused-ring (bicyclic) bond motifs is 5. The average molecular weight is 560 g/mol. The molecule has 0 saturated heterocycles. The third kappa shape index (κ3) is 4.38. The number of hydrogen-bond acceptors (Lipinski definition) is 3. The lowest BCUT2D eigenvalue weighted by atomic mass is 9.47. The Morgan fingerprint density at radius 1 is 1.03 bits per heavy atom. The molecule has 3 nitrogen and oxygen atoms in total. The Balaban J connectivity index is 1.41. The van der Waals surface area contributed by atoms with Gasteiger partial charge in [-0.05, 0) is 85.5 Å². The second-order valence-corrected chi connectivity index (χ2v) is 13.3. The number of rotatable bonds is 2. The zero-order chi connectivity index (χ0) is 27.8. The van der Waals surface area contributed by atoms with Gasteiger partial charge in [0.25, 0.3) is 0 Å². The summed E-state index contributed by atoms with van der Waals surface area (Å²) in [6.07, 6.45) is -2.46. The van der Waals surface area contributed by atoms with E-state index in [1.807, 2.05) is 0 Å². The van der Waals surface area contributed by atoms with E-state index in [1.165, 1.54) is 11.8 Å². The largest absolute Gasteiger partial charge is 0.418 e. The Morgan fingerprint density at radius 3 is 2.39 bits per heavy atom. The number of amides is 1. The lowest BCUT2D eigenvalue weighted by Gasteiger charge is -2.60. The number of halogens is 6. The molecule has 0 bridgehead atoms. The minimum atomic E-state index is -5.06. The lowest BCUT2D eigenvalue weighted by Crippen LogP contribution is -2.56. The van der Waals surface area contributed by atoms with Gasteiger partial charge in [-0.1, -0.05) is 38.6 Å². The number of allylic oxidation sites excluding steroid dienone is 1. The zero-order valence-electron chi connectivity index (χ0n) is 21.4. The van der Waals surface area contributed by atoms with Crippen molar-refractivity contribution in [3.8, 4) is 0 Å². The standard InChI is InChI=1S/C28H31F6NO2S/c1-14-12-21-26(3,11-9-22(36)38-21)17-8-10-25(2)16(23(14)17)5-6-18(25)24(37)35-20-7-4-15(27(29,30)31)13-19(20)28(32,33)34/h4,7,9,11,13-14,16-18,21,23H,5-6,8,10,12H2,1-3H3,(H,35,37)/t14?,16-,17+,18?,21?,23-,25-,26+/m0/s1. The van der Waals surface area contributed by atoms with E-state index in [0.29, 0.717) is 36.3 Å². The molecule has 0 radical (unpaired) electrons. The molecule has 3 aliphatic carbocycles. The highest BCUT2D eigenvalue weighted by Gasteiger charge is 2.62. The number of anilines is 1. The van der Waals surface area contributed by atoms with E-state index in [1.54, 1.807) is 6.08 Å².